The molecule has 1 aromatic carbocycles. The molecule has 0 radical (unpaired) electrons. The molecule has 0 aromatic heterocycles. The van der Waals surface area contributed by atoms with Crippen LogP contribution in [0.2, 0.25) is 0 Å². The van der Waals surface area contributed by atoms with E-state index in [1.807, 2.05) is 6.07 Å². The van der Waals surface area contributed by atoms with Crippen LogP contribution in [-0.2, 0) is 15.3 Å². The molecule has 0 aliphatic rings. The van der Waals surface area contributed by atoms with Crippen molar-refractivity contribution in [1.29, 1.82) is 0 Å². The number of ether oxygens (including phenoxy) is 1. The minimum absolute atomic E-state index is 0.225. The second-order valence-corrected chi connectivity index (χ2v) is 4.49. The van der Waals surface area contributed by atoms with E-state index in [1.54, 1.807) is 30.0 Å². The first-order valence-electron chi connectivity index (χ1n) is 5.10. The fourth-order valence-electron chi connectivity index (χ4n) is 1.24. The topological polar surface area (TPSA) is 63.6 Å². The molecule has 0 bridgehead atoms. The maximum atomic E-state index is 10.9. The van der Waals surface area contributed by atoms with Gasteiger partial charge in [0.05, 0.1) is 19.1 Å². The Labute approximate surface area is 104 Å². The van der Waals surface area contributed by atoms with E-state index >= 15 is 0 Å². The molecule has 4 nitrogen and oxygen atoms in total. The van der Waals surface area contributed by atoms with Gasteiger partial charge in [-0.2, -0.15) is 11.8 Å². The molecule has 5 heteroatoms. The molecule has 0 amide bonds. The zero-order chi connectivity index (χ0) is 12.7. The lowest BCUT2D eigenvalue weighted by molar-refractivity contribution is -0.140. The van der Waals surface area contributed by atoms with Gasteiger partial charge in [0, 0.05) is 11.5 Å². The van der Waals surface area contributed by atoms with Crippen LogP contribution in [0.25, 0.3) is 0 Å². The van der Waals surface area contributed by atoms with Crippen LogP contribution in [0.5, 0.6) is 0 Å². The van der Waals surface area contributed by atoms with Gasteiger partial charge in [-0.05, 0) is 17.7 Å². The number of thioether (sulfide) groups is 1. The van der Waals surface area contributed by atoms with E-state index in [-0.39, 0.29) is 11.5 Å². The predicted molar refractivity (Wildman–Crippen MR) is 66.2 cm³/mol. The smallest absolute Gasteiger partial charge is 0.335 e. The first kappa shape index (κ1) is 13.6. The number of carbonyl (C=O) groups excluding carboxylic acids is 1. The van der Waals surface area contributed by atoms with Crippen LogP contribution in [0.4, 0.5) is 0 Å². The third-order valence-corrected chi connectivity index (χ3v) is 3.15. The summed E-state index contributed by atoms with van der Waals surface area (Å²) in [6.07, 6.45) is 0.375. The number of carboxylic acid groups (broad SMARTS) is 1. The van der Waals surface area contributed by atoms with Gasteiger partial charge < -0.3 is 9.84 Å². The highest BCUT2D eigenvalue weighted by atomic mass is 32.2. The standard InChI is InChI=1S/C12H14O4S/c1-16-11(13)5-6-17-8-9-3-2-4-10(7-9)12(14)15/h2-4,7H,5-6,8H2,1H3,(H,14,15). The Balaban J connectivity index is 2.39. The number of aromatic carboxylic acids is 1. The maximum Gasteiger partial charge on any atom is 0.335 e. The molecule has 0 aliphatic heterocycles. The Morgan fingerprint density at radius 2 is 2.18 bits per heavy atom. The Bertz CT molecular complexity index is 403. The molecular weight excluding hydrogens is 240 g/mol. The zero-order valence-corrected chi connectivity index (χ0v) is 10.3. The lowest BCUT2D eigenvalue weighted by atomic mass is 10.1. The highest BCUT2D eigenvalue weighted by molar-refractivity contribution is 7.98. The van der Waals surface area contributed by atoms with Crippen molar-refractivity contribution in [2.45, 2.75) is 12.2 Å². The zero-order valence-electron chi connectivity index (χ0n) is 9.51. The third kappa shape index (κ3) is 4.91. The largest absolute Gasteiger partial charge is 0.478 e. The Morgan fingerprint density at radius 1 is 1.41 bits per heavy atom. The number of rotatable bonds is 6. The Kier molecular flexibility index (Phi) is 5.56. The van der Waals surface area contributed by atoms with Gasteiger partial charge >= 0.3 is 11.9 Å². The molecule has 0 atom stereocenters. The van der Waals surface area contributed by atoms with Crippen LogP contribution in [0.15, 0.2) is 24.3 Å². The SMILES string of the molecule is COC(=O)CCSCc1cccc(C(=O)O)c1. The summed E-state index contributed by atoms with van der Waals surface area (Å²) in [5.74, 6) is 0.213. The van der Waals surface area contributed by atoms with Crippen molar-refractivity contribution in [1.82, 2.24) is 0 Å². The van der Waals surface area contributed by atoms with E-state index in [2.05, 4.69) is 4.74 Å². The summed E-state index contributed by atoms with van der Waals surface area (Å²) in [5, 5.41) is 8.82. The average Bonchev–Trinajstić information content (AvgIpc) is 2.34. The molecule has 0 saturated carbocycles. The second-order valence-electron chi connectivity index (χ2n) is 3.38. The molecule has 0 fully saturated rings. The molecule has 92 valence electrons. The van der Waals surface area contributed by atoms with Crippen LogP contribution in [0.1, 0.15) is 22.3 Å². The van der Waals surface area contributed by atoms with E-state index in [0.29, 0.717) is 17.9 Å². The first-order valence-corrected chi connectivity index (χ1v) is 6.25. The number of methoxy groups -OCH3 is 1. The average molecular weight is 254 g/mol. The number of carbonyl (C=O) groups is 2. The van der Waals surface area contributed by atoms with Crippen LogP contribution in [0, 0.1) is 0 Å². The van der Waals surface area contributed by atoms with E-state index in [1.165, 1.54) is 7.11 Å². The van der Waals surface area contributed by atoms with Gasteiger partial charge in [0.25, 0.3) is 0 Å². The molecule has 17 heavy (non-hydrogen) atoms. The minimum Gasteiger partial charge on any atom is -0.478 e. The summed E-state index contributed by atoms with van der Waals surface area (Å²) in [7, 11) is 1.36. The van der Waals surface area contributed by atoms with Gasteiger partial charge in [0.15, 0.2) is 0 Å². The quantitative estimate of drug-likeness (QED) is 0.622. The molecule has 1 rings (SSSR count). The molecular formula is C12H14O4S. The molecule has 1 N–H and O–H groups in total. The number of esters is 1. The van der Waals surface area contributed by atoms with Crippen LogP contribution in [0.3, 0.4) is 0 Å². The van der Waals surface area contributed by atoms with E-state index < -0.39 is 5.97 Å². The monoisotopic (exact) mass is 254 g/mol. The van der Waals surface area contributed by atoms with Gasteiger partial charge in [0.1, 0.15) is 0 Å². The molecule has 0 spiro atoms. The Hall–Kier alpha value is -1.49. The summed E-state index contributed by atoms with van der Waals surface area (Å²) in [6, 6.07) is 6.80. The lowest BCUT2D eigenvalue weighted by Gasteiger charge is -2.02. The number of benzene rings is 1. The third-order valence-electron chi connectivity index (χ3n) is 2.12. The first-order chi connectivity index (χ1) is 8.13. The molecule has 0 saturated heterocycles. The molecule has 1 aromatic rings. The van der Waals surface area contributed by atoms with Gasteiger partial charge in [-0.1, -0.05) is 12.1 Å². The van der Waals surface area contributed by atoms with Crippen LogP contribution in [-0.4, -0.2) is 29.9 Å². The van der Waals surface area contributed by atoms with Crippen molar-refractivity contribution >= 4 is 23.7 Å². The summed E-state index contributed by atoms with van der Waals surface area (Å²) < 4.78 is 4.52. The predicted octanol–water partition coefficient (Wildman–Crippen LogP) is 2.18. The fraction of sp³-hybridized carbons (Fsp3) is 0.333. The summed E-state index contributed by atoms with van der Waals surface area (Å²) in [6.45, 7) is 0. The summed E-state index contributed by atoms with van der Waals surface area (Å²) >= 11 is 1.58. The lowest BCUT2D eigenvalue weighted by Crippen LogP contribution is -2.01. The van der Waals surface area contributed by atoms with Crippen molar-refractivity contribution in [3.05, 3.63) is 35.4 Å². The summed E-state index contributed by atoms with van der Waals surface area (Å²) in [4.78, 5) is 21.6. The molecule has 0 unspecified atom stereocenters. The van der Waals surface area contributed by atoms with Gasteiger partial charge in [-0.25, -0.2) is 4.79 Å². The summed E-state index contributed by atoms with van der Waals surface area (Å²) in [5.41, 5.74) is 1.23. The molecule has 0 heterocycles. The van der Waals surface area contributed by atoms with Crippen molar-refractivity contribution in [2.24, 2.45) is 0 Å². The van der Waals surface area contributed by atoms with E-state index in [9.17, 15) is 9.59 Å². The highest BCUT2D eigenvalue weighted by Crippen LogP contribution is 2.14. The van der Waals surface area contributed by atoms with Crippen LogP contribution >= 0.6 is 11.8 Å². The number of hydrogen-bond donors (Lipinski definition) is 1. The highest BCUT2D eigenvalue weighted by Gasteiger charge is 2.04. The van der Waals surface area contributed by atoms with Crippen molar-refractivity contribution in [3.63, 3.8) is 0 Å². The minimum atomic E-state index is -0.925. The number of carboxylic acids is 1. The second kappa shape index (κ2) is 6.96. The normalized spacial score (nSPS) is 9.94. The van der Waals surface area contributed by atoms with Crippen LogP contribution < -0.4 is 0 Å². The maximum absolute atomic E-state index is 10.9. The van der Waals surface area contributed by atoms with E-state index in [0.717, 1.165) is 5.56 Å². The van der Waals surface area contributed by atoms with Crippen molar-refractivity contribution < 1.29 is 19.4 Å². The van der Waals surface area contributed by atoms with Gasteiger partial charge in [0.2, 0.25) is 0 Å². The van der Waals surface area contributed by atoms with Gasteiger partial charge in [-0.15, -0.1) is 0 Å². The van der Waals surface area contributed by atoms with Crippen molar-refractivity contribution in [2.75, 3.05) is 12.9 Å². The number of hydrogen-bond acceptors (Lipinski definition) is 4. The van der Waals surface area contributed by atoms with Gasteiger partial charge in [-0.3, -0.25) is 4.79 Å². The Morgan fingerprint density at radius 3 is 2.82 bits per heavy atom. The fourth-order valence-corrected chi connectivity index (χ4v) is 2.11. The van der Waals surface area contributed by atoms with E-state index in [4.69, 9.17) is 5.11 Å². The van der Waals surface area contributed by atoms with Crippen molar-refractivity contribution in [3.8, 4) is 0 Å². The molecule has 0 aliphatic carbocycles.